The van der Waals surface area contributed by atoms with E-state index in [-0.39, 0.29) is 0 Å². The first kappa shape index (κ1) is 19.3. The Morgan fingerprint density at radius 2 is 1.15 bits per heavy atom. The summed E-state index contributed by atoms with van der Waals surface area (Å²) in [5.41, 5.74) is 4.32. The standard InChI is InChI=1S/C22H24N2O2/c1-25-21-11-9-17(7-3-5-13-23)15-19(21)20-16-18(8-4-6-14-24)10-12-22(20)26-2/h9-12,15-16H,3-8H2,1-2H3. The highest BCUT2D eigenvalue weighted by molar-refractivity contribution is 5.77. The van der Waals surface area contributed by atoms with E-state index in [1.165, 1.54) is 11.1 Å². The minimum Gasteiger partial charge on any atom is -0.496 e. The maximum atomic E-state index is 8.74. The summed E-state index contributed by atoms with van der Waals surface area (Å²) in [5.74, 6) is 1.59. The van der Waals surface area contributed by atoms with Crippen molar-refractivity contribution in [3.63, 3.8) is 0 Å². The fraction of sp³-hybridized carbons (Fsp3) is 0.364. The number of methoxy groups -OCH3 is 2. The van der Waals surface area contributed by atoms with E-state index in [0.717, 1.165) is 48.3 Å². The number of unbranched alkanes of at least 4 members (excludes halogenated alkanes) is 2. The molecule has 0 amide bonds. The van der Waals surface area contributed by atoms with Gasteiger partial charge in [0.05, 0.1) is 26.4 Å². The van der Waals surface area contributed by atoms with Crippen molar-refractivity contribution in [3.05, 3.63) is 47.5 Å². The van der Waals surface area contributed by atoms with Crippen molar-refractivity contribution in [2.45, 2.75) is 38.5 Å². The van der Waals surface area contributed by atoms with Crippen LogP contribution in [0.3, 0.4) is 0 Å². The van der Waals surface area contributed by atoms with Crippen LogP contribution >= 0.6 is 0 Å². The zero-order valence-electron chi connectivity index (χ0n) is 15.4. The van der Waals surface area contributed by atoms with Gasteiger partial charge >= 0.3 is 0 Å². The fourth-order valence-electron chi connectivity index (χ4n) is 2.99. The monoisotopic (exact) mass is 348 g/mol. The molecule has 0 aliphatic carbocycles. The Balaban J connectivity index is 2.40. The molecule has 0 aliphatic rings. The molecule has 4 nitrogen and oxygen atoms in total. The van der Waals surface area contributed by atoms with Crippen molar-refractivity contribution in [1.29, 1.82) is 10.5 Å². The minimum atomic E-state index is 0.555. The summed E-state index contributed by atoms with van der Waals surface area (Å²) in [6, 6.07) is 16.6. The second kappa shape index (κ2) is 10.1. The molecule has 0 N–H and O–H groups in total. The molecule has 134 valence electrons. The van der Waals surface area contributed by atoms with Crippen molar-refractivity contribution in [2.75, 3.05) is 14.2 Å². The number of ether oxygens (including phenoxy) is 2. The van der Waals surface area contributed by atoms with E-state index in [2.05, 4.69) is 24.3 Å². The van der Waals surface area contributed by atoms with Gasteiger partial charge in [-0.05, 0) is 61.1 Å². The van der Waals surface area contributed by atoms with Crippen LogP contribution in [0.15, 0.2) is 36.4 Å². The Morgan fingerprint density at radius 3 is 1.50 bits per heavy atom. The lowest BCUT2D eigenvalue weighted by molar-refractivity contribution is 0.410. The molecule has 26 heavy (non-hydrogen) atoms. The van der Waals surface area contributed by atoms with Crippen LogP contribution in [0.1, 0.15) is 36.8 Å². The van der Waals surface area contributed by atoms with E-state index in [0.29, 0.717) is 12.8 Å². The SMILES string of the molecule is COc1ccc(CCCC#N)cc1-c1cc(CCCC#N)ccc1OC. The van der Waals surface area contributed by atoms with Gasteiger partial charge in [-0.15, -0.1) is 0 Å². The highest BCUT2D eigenvalue weighted by Crippen LogP contribution is 2.38. The third-order valence-electron chi connectivity index (χ3n) is 4.33. The number of nitriles is 2. The van der Waals surface area contributed by atoms with Gasteiger partial charge in [0, 0.05) is 24.0 Å². The van der Waals surface area contributed by atoms with Crippen molar-refractivity contribution in [2.24, 2.45) is 0 Å². The molecular formula is C22H24N2O2. The van der Waals surface area contributed by atoms with E-state index in [9.17, 15) is 0 Å². The smallest absolute Gasteiger partial charge is 0.126 e. The van der Waals surface area contributed by atoms with Crippen molar-refractivity contribution >= 4 is 0 Å². The van der Waals surface area contributed by atoms with Crippen LogP contribution in [-0.2, 0) is 12.8 Å². The predicted octanol–water partition coefficient (Wildman–Crippen LogP) is 5.06. The summed E-state index contributed by atoms with van der Waals surface area (Å²) in [5, 5.41) is 17.5. The molecule has 4 heteroatoms. The first-order valence-corrected chi connectivity index (χ1v) is 8.81. The molecule has 0 atom stereocenters. The van der Waals surface area contributed by atoms with Gasteiger partial charge in [-0.2, -0.15) is 10.5 Å². The van der Waals surface area contributed by atoms with Crippen molar-refractivity contribution in [1.82, 2.24) is 0 Å². The maximum absolute atomic E-state index is 8.74. The molecule has 0 heterocycles. The van der Waals surface area contributed by atoms with Crippen LogP contribution in [0.2, 0.25) is 0 Å². The van der Waals surface area contributed by atoms with E-state index >= 15 is 0 Å². The molecule has 0 saturated heterocycles. The van der Waals surface area contributed by atoms with Crippen LogP contribution in [0.4, 0.5) is 0 Å². The summed E-state index contributed by atoms with van der Waals surface area (Å²) in [6.07, 6.45) is 4.50. The third kappa shape index (κ3) is 5.01. The number of hydrogen-bond acceptors (Lipinski definition) is 4. The van der Waals surface area contributed by atoms with Gasteiger partial charge in [-0.1, -0.05) is 12.1 Å². The van der Waals surface area contributed by atoms with E-state index in [1.807, 2.05) is 24.3 Å². The topological polar surface area (TPSA) is 66.0 Å². The lowest BCUT2D eigenvalue weighted by Gasteiger charge is -2.15. The summed E-state index contributed by atoms with van der Waals surface area (Å²) in [4.78, 5) is 0. The molecule has 0 aromatic heterocycles. The first-order valence-electron chi connectivity index (χ1n) is 8.81. The van der Waals surface area contributed by atoms with E-state index in [1.54, 1.807) is 14.2 Å². The fourth-order valence-corrected chi connectivity index (χ4v) is 2.99. The number of aryl methyl sites for hydroxylation is 2. The molecule has 0 saturated carbocycles. The van der Waals surface area contributed by atoms with Crippen LogP contribution < -0.4 is 9.47 Å². The summed E-state index contributed by atoms with van der Waals surface area (Å²) in [7, 11) is 3.33. The van der Waals surface area contributed by atoms with Crippen molar-refractivity contribution in [3.8, 4) is 34.8 Å². The minimum absolute atomic E-state index is 0.555. The first-order chi connectivity index (χ1) is 12.7. The van der Waals surface area contributed by atoms with Crippen LogP contribution in [0.25, 0.3) is 11.1 Å². The molecule has 0 aliphatic heterocycles. The van der Waals surface area contributed by atoms with Gasteiger partial charge < -0.3 is 9.47 Å². The van der Waals surface area contributed by atoms with Crippen LogP contribution in [0, 0.1) is 22.7 Å². The van der Waals surface area contributed by atoms with E-state index < -0.39 is 0 Å². The van der Waals surface area contributed by atoms with Gasteiger partial charge in [-0.25, -0.2) is 0 Å². The van der Waals surface area contributed by atoms with Crippen LogP contribution in [0.5, 0.6) is 11.5 Å². The highest BCUT2D eigenvalue weighted by atomic mass is 16.5. The van der Waals surface area contributed by atoms with Gasteiger partial charge in [-0.3, -0.25) is 0 Å². The quantitative estimate of drug-likeness (QED) is 0.594. The van der Waals surface area contributed by atoms with Gasteiger partial charge in [0.2, 0.25) is 0 Å². The molecule has 0 unspecified atom stereocenters. The average Bonchev–Trinajstić information content (AvgIpc) is 2.68. The second-order valence-corrected chi connectivity index (χ2v) is 6.09. The zero-order chi connectivity index (χ0) is 18.8. The Kier molecular flexibility index (Phi) is 7.52. The number of nitrogens with zero attached hydrogens (tertiary/aromatic N) is 2. The predicted molar refractivity (Wildman–Crippen MR) is 102 cm³/mol. The van der Waals surface area contributed by atoms with Gasteiger partial charge in [0.1, 0.15) is 11.5 Å². The number of benzene rings is 2. The molecule has 0 spiro atoms. The average molecular weight is 348 g/mol. The second-order valence-electron chi connectivity index (χ2n) is 6.09. The Bertz CT molecular complexity index is 746. The van der Waals surface area contributed by atoms with Gasteiger partial charge in [0.25, 0.3) is 0 Å². The molecular weight excluding hydrogens is 324 g/mol. The Morgan fingerprint density at radius 1 is 0.731 bits per heavy atom. The number of rotatable bonds is 9. The maximum Gasteiger partial charge on any atom is 0.126 e. The molecule has 2 aromatic carbocycles. The third-order valence-corrected chi connectivity index (χ3v) is 4.33. The molecule has 0 fully saturated rings. The molecule has 2 aromatic rings. The lowest BCUT2D eigenvalue weighted by Crippen LogP contribution is -1.96. The zero-order valence-corrected chi connectivity index (χ0v) is 15.4. The summed E-state index contributed by atoms with van der Waals surface area (Å²) < 4.78 is 11.1. The molecule has 0 radical (unpaired) electrons. The van der Waals surface area contributed by atoms with Crippen molar-refractivity contribution < 1.29 is 9.47 Å². The summed E-state index contributed by atoms with van der Waals surface area (Å²) >= 11 is 0. The van der Waals surface area contributed by atoms with Gasteiger partial charge in [0.15, 0.2) is 0 Å². The molecule has 0 bridgehead atoms. The van der Waals surface area contributed by atoms with Crippen LogP contribution in [-0.4, -0.2) is 14.2 Å². The lowest BCUT2D eigenvalue weighted by atomic mass is 9.96. The van der Waals surface area contributed by atoms with E-state index in [4.69, 9.17) is 20.0 Å². The normalized spacial score (nSPS) is 10.0. The largest absolute Gasteiger partial charge is 0.496 e. The number of hydrogen-bond donors (Lipinski definition) is 0. The summed E-state index contributed by atoms with van der Waals surface area (Å²) in [6.45, 7) is 0. The highest BCUT2D eigenvalue weighted by Gasteiger charge is 2.13. The molecule has 2 rings (SSSR count). The Hall–Kier alpha value is -2.98. The Labute approximate surface area is 155 Å².